The van der Waals surface area contributed by atoms with Gasteiger partial charge in [-0.2, -0.15) is 0 Å². The molecule has 6 nitrogen and oxygen atoms in total. The Morgan fingerprint density at radius 3 is 2.19 bits per heavy atom. The number of aliphatic carboxylic acids is 2. The van der Waals surface area contributed by atoms with Gasteiger partial charge in [-0.3, -0.25) is 4.90 Å². The number of fused-ring (bicyclic) bond motifs is 1. The maximum atomic E-state index is 9.55. The standard InChI is InChI=1S/C22H25NO.C4H4O4/c1-17-16-22-20(18-6-3-2-4-7-18)8-5-9-21(22)19(17)10-11-23-12-14-24-15-13-23;5-3(6)1-2-4(7)8/h2-9H,10-16H2,1H3;1-2H,(H,5,6)(H,7,8). The quantitative estimate of drug-likeness (QED) is 0.664. The van der Waals surface area contributed by atoms with Gasteiger partial charge in [-0.1, -0.05) is 54.1 Å². The Morgan fingerprint density at radius 1 is 0.938 bits per heavy atom. The lowest BCUT2D eigenvalue weighted by Gasteiger charge is -2.27. The summed E-state index contributed by atoms with van der Waals surface area (Å²) in [4.78, 5) is 21.6. The van der Waals surface area contributed by atoms with Crippen molar-refractivity contribution in [3.05, 3.63) is 77.4 Å². The summed E-state index contributed by atoms with van der Waals surface area (Å²) in [6.07, 6.45) is 3.36. The van der Waals surface area contributed by atoms with Crippen LogP contribution in [0, 0.1) is 0 Å². The summed E-state index contributed by atoms with van der Waals surface area (Å²) in [5, 5.41) is 15.6. The van der Waals surface area contributed by atoms with E-state index in [2.05, 4.69) is 60.4 Å². The third-order valence-electron chi connectivity index (χ3n) is 5.69. The van der Waals surface area contributed by atoms with E-state index in [1.165, 1.54) is 22.3 Å². The summed E-state index contributed by atoms with van der Waals surface area (Å²) in [5.74, 6) is -2.51. The summed E-state index contributed by atoms with van der Waals surface area (Å²) in [6.45, 7) is 7.36. The van der Waals surface area contributed by atoms with Gasteiger partial charge in [-0.25, -0.2) is 9.59 Å². The Labute approximate surface area is 188 Å². The minimum atomic E-state index is -1.26. The van der Waals surface area contributed by atoms with Crippen LogP contribution in [0.4, 0.5) is 0 Å². The Bertz CT molecular complexity index is 988. The van der Waals surface area contributed by atoms with Crippen molar-refractivity contribution < 1.29 is 24.5 Å². The Kier molecular flexibility index (Phi) is 8.36. The predicted octanol–water partition coefficient (Wildman–Crippen LogP) is 4.12. The molecule has 0 aromatic heterocycles. The number of carboxylic acids is 2. The van der Waals surface area contributed by atoms with Gasteiger partial charge in [-0.05, 0) is 47.6 Å². The number of hydrogen-bond acceptors (Lipinski definition) is 4. The minimum Gasteiger partial charge on any atom is -0.478 e. The molecule has 1 aliphatic carbocycles. The molecule has 32 heavy (non-hydrogen) atoms. The number of morpholine rings is 1. The molecule has 2 aromatic rings. The molecule has 1 saturated heterocycles. The maximum Gasteiger partial charge on any atom is 0.328 e. The topological polar surface area (TPSA) is 87.1 Å². The lowest BCUT2D eigenvalue weighted by atomic mass is 9.94. The van der Waals surface area contributed by atoms with Crippen molar-refractivity contribution >= 4 is 17.5 Å². The molecule has 1 aliphatic heterocycles. The van der Waals surface area contributed by atoms with Gasteiger partial charge < -0.3 is 14.9 Å². The fraction of sp³-hybridized carbons (Fsp3) is 0.308. The van der Waals surface area contributed by atoms with Gasteiger partial charge in [0.15, 0.2) is 0 Å². The second-order valence-electron chi connectivity index (χ2n) is 7.85. The van der Waals surface area contributed by atoms with Crippen LogP contribution < -0.4 is 0 Å². The van der Waals surface area contributed by atoms with Crippen molar-refractivity contribution in [2.75, 3.05) is 32.8 Å². The van der Waals surface area contributed by atoms with Crippen LogP contribution in [0.2, 0.25) is 0 Å². The van der Waals surface area contributed by atoms with E-state index in [0.29, 0.717) is 12.2 Å². The second-order valence-corrected chi connectivity index (χ2v) is 7.85. The lowest BCUT2D eigenvalue weighted by molar-refractivity contribution is -0.134. The highest BCUT2D eigenvalue weighted by atomic mass is 16.5. The van der Waals surface area contributed by atoms with E-state index in [1.54, 1.807) is 11.1 Å². The van der Waals surface area contributed by atoms with Gasteiger partial charge in [-0.15, -0.1) is 0 Å². The number of benzene rings is 2. The van der Waals surface area contributed by atoms with E-state index in [-0.39, 0.29) is 0 Å². The number of carbonyl (C=O) groups is 2. The number of allylic oxidation sites excluding steroid dienone is 1. The van der Waals surface area contributed by atoms with Crippen molar-refractivity contribution in [1.82, 2.24) is 4.90 Å². The number of carboxylic acid groups (broad SMARTS) is 2. The second kappa shape index (κ2) is 11.4. The fourth-order valence-corrected chi connectivity index (χ4v) is 4.14. The summed E-state index contributed by atoms with van der Waals surface area (Å²) in [6, 6.07) is 17.6. The molecule has 1 fully saturated rings. The molecular weight excluding hydrogens is 406 g/mol. The monoisotopic (exact) mass is 435 g/mol. The van der Waals surface area contributed by atoms with Crippen LogP contribution in [0.5, 0.6) is 0 Å². The Balaban J connectivity index is 0.000000312. The van der Waals surface area contributed by atoms with Crippen molar-refractivity contribution in [2.45, 2.75) is 19.8 Å². The van der Waals surface area contributed by atoms with Crippen molar-refractivity contribution in [2.24, 2.45) is 0 Å². The van der Waals surface area contributed by atoms with Crippen LogP contribution >= 0.6 is 0 Å². The van der Waals surface area contributed by atoms with Crippen LogP contribution in [-0.2, 0) is 20.7 Å². The molecular formula is C26H29NO5. The molecule has 0 radical (unpaired) electrons. The zero-order chi connectivity index (χ0) is 22.9. The third kappa shape index (κ3) is 6.39. The van der Waals surface area contributed by atoms with Crippen LogP contribution in [0.1, 0.15) is 24.5 Å². The zero-order valence-corrected chi connectivity index (χ0v) is 18.3. The molecule has 2 N–H and O–H groups in total. The van der Waals surface area contributed by atoms with Crippen LogP contribution in [0.15, 0.2) is 66.3 Å². The number of ether oxygens (including phenoxy) is 1. The molecule has 0 saturated carbocycles. The highest BCUT2D eigenvalue weighted by Crippen LogP contribution is 2.40. The van der Waals surface area contributed by atoms with E-state index in [0.717, 1.165) is 45.7 Å². The normalized spacial score (nSPS) is 15.9. The Morgan fingerprint density at radius 2 is 1.56 bits per heavy atom. The van der Waals surface area contributed by atoms with Gasteiger partial charge in [0.2, 0.25) is 0 Å². The average molecular weight is 436 g/mol. The van der Waals surface area contributed by atoms with E-state index in [4.69, 9.17) is 14.9 Å². The van der Waals surface area contributed by atoms with E-state index >= 15 is 0 Å². The van der Waals surface area contributed by atoms with Gasteiger partial charge in [0.1, 0.15) is 0 Å². The average Bonchev–Trinajstić information content (AvgIpc) is 3.13. The smallest absolute Gasteiger partial charge is 0.328 e. The zero-order valence-electron chi connectivity index (χ0n) is 18.3. The van der Waals surface area contributed by atoms with E-state index in [9.17, 15) is 9.59 Å². The molecule has 1 heterocycles. The SMILES string of the molecule is CC1=C(CCN2CCOCC2)c2cccc(-c3ccccc3)c2C1.O=C(O)C=CC(=O)O. The molecule has 0 bridgehead atoms. The summed E-state index contributed by atoms with van der Waals surface area (Å²) >= 11 is 0. The Hall–Kier alpha value is -3.22. The lowest BCUT2D eigenvalue weighted by Crippen LogP contribution is -2.36. The number of nitrogens with zero attached hydrogens (tertiary/aromatic N) is 1. The number of rotatable bonds is 6. The van der Waals surface area contributed by atoms with E-state index < -0.39 is 11.9 Å². The van der Waals surface area contributed by atoms with Crippen LogP contribution in [0.3, 0.4) is 0 Å². The first-order valence-electron chi connectivity index (χ1n) is 10.8. The van der Waals surface area contributed by atoms with Gasteiger partial charge in [0, 0.05) is 31.8 Å². The van der Waals surface area contributed by atoms with Gasteiger partial charge in [0.05, 0.1) is 13.2 Å². The molecule has 4 rings (SSSR count). The molecule has 0 atom stereocenters. The first kappa shape index (κ1) is 23.4. The summed E-state index contributed by atoms with van der Waals surface area (Å²) in [5.41, 5.74) is 8.82. The van der Waals surface area contributed by atoms with Crippen molar-refractivity contribution in [3.63, 3.8) is 0 Å². The third-order valence-corrected chi connectivity index (χ3v) is 5.69. The molecule has 6 heteroatoms. The highest BCUT2D eigenvalue weighted by Gasteiger charge is 2.22. The molecule has 2 aromatic carbocycles. The molecule has 168 valence electrons. The molecule has 0 unspecified atom stereocenters. The van der Waals surface area contributed by atoms with Gasteiger partial charge in [0.25, 0.3) is 0 Å². The molecule has 0 spiro atoms. The predicted molar refractivity (Wildman–Crippen MR) is 124 cm³/mol. The minimum absolute atomic E-state index is 0.558. The van der Waals surface area contributed by atoms with E-state index in [1.807, 2.05) is 0 Å². The first-order valence-corrected chi connectivity index (χ1v) is 10.8. The summed E-state index contributed by atoms with van der Waals surface area (Å²) in [7, 11) is 0. The largest absolute Gasteiger partial charge is 0.478 e. The van der Waals surface area contributed by atoms with Gasteiger partial charge >= 0.3 is 11.9 Å². The summed E-state index contributed by atoms with van der Waals surface area (Å²) < 4.78 is 5.46. The van der Waals surface area contributed by atoms with Crippen molar-refractivity contribution in [1.29, 1.82) is 0 Å². The number of hydrogen-bond donors (Lipinski definition) is 2. The maximum absolute atomic E-state index is 9.55. The molecule has 0 amide bonds. The van der Waals surface area contributed by atoms with Crippen molar-refractivity contribution in [3.8, 4) is 11.1 Å². The van der Waals surface area contributed by atoms with Crippen LogP contribution in [-0.4, -0.2) is 59.9 Å². The van der Waals surface area contributed by atoms with Crippen LogP contribution in [0.25, 0.3) is 16.7 Å². The first-order chi connectivity index (χ1) is 15.5. The fourth-order valence-electron chi connectivity index (χ4n) is 4.14. The highest BCUT2D eigenvalue weighted by molar-refractivity contribution is 5.89. The molecule has 2 aliphatic rings.